The molecule has 6 rings (SSSR count). The Bertz CT molecular complexity index is 1640. The van der Waals surface area contributed by atoms with Crippen LogP contribution in [0.25, 0.3) is 22.0 Å². The molecule has 0 unspecified atom stereocenters. The topological polar surface area (TPSA) is 94.7 Å². The van der Waals surface area contributed by atoms with Crippen LogP contribution in [0.5, 0.6) is 17.4 Å². The molecule has 3 aromatic carbocycles. The summed E-state index contributed by atoms with van der Waals surface area (Å²) < 4.78 is 17.9. The molecule has 1 aliphatic rings. The van der Waals surface area contributed by atoms with Gasteiger partial charge in [0.25, 0.3) is 0 Å². The third-order valence-corrected chi connectivity index (χ3v) is 6.99. The van der Waals surface area contributed by atoms with Crippen LogP contribution in [0.4, 0.5) is 0 Å². The molecule has 1 aliphatic carbocycles. The quantitative estimate of drug-likeness (QED) is 0.210. The maximum absolute atomic E-state index is 11.1. The highest BCUT2D eigenvalue weighted by Crippen LogP contribution is 2.46. The molecule has 1 N–H and O–H groups in total. The van der Waals surface area contributed by atoms with Gasteiger partial charge in [-0.1, -0.05) is 46.6 Å². The van der Waals surface area contributed by atoms with Crippen molar-refractivity contribution in [2.75, 3.05) is 0 Å². The SMILES string of the molecule is O=C(O)c1ccc(Oc2cccc3cc(OCc4c(-c5c(Cl)cccc5Cl)noc4C4CC4)ccc23)nc1. The Labute approximate surface area is 227 Å². The number of benzene rings is 3. The summed E-state index contributed by atoms with van der Waals surface area (Å²) in [7, 11) is 0. The number of fused-ring (bicyclic) bond motifs is 1. The zero-order valence-electron chi connectivity index (χ0n) is 19.9. The maximum atomic E-state index is 11.1. The van der Waals surface area contributed by atoms with Crippen LogP contribution < -0.4 is 9.47 Å². The van der Waals surface area contributed by atoms with Gasteiger partial charge in [-0.05, 0) is 60.7 Å². The molecule has 9 heteroatoms. The lowest BCUT2D eigenvalue weighted by atomic mass is 10.0. The zero-order valence-corrected chi connectivity index (χ0v) is 21.4. The minimum atomic E-state index is -1.04. The second-order valence-electron chi connectivity index (χ2n) is 8.97. The van der Waals surface area contributed by atoms with Gasteiger partial charge in [-0.3, -0.25) is 0 Å². The molecule has 0 spiro atoms. The van der Waals surface area contributed by atoms with Crippen molar-refractivity contribution in [2.45, 2.75) is 25.4 Å². The van der Waals surface area contributed by atoms with E-state index in [1.165, 1.54) is 18.3 Å². The third-order valence-electron chi connectivity index (χ3n) is 6.36. The highest BCUT2D eigenvalue weighted by Gasteiger charge is 2.33. The molecule has 2 heterocycles. The van der Waals surface area contributed by atoms with E-state index in [-0.39, 0.29) is 12.2 Å². The first-order valence-electron chi connectivity index (χ1n) is 11.9. The molecule has 0 atom stereocenters. The van der Waals surface area contributed by atoms with Crippen LogP contribution in [0.3, 0.4) is 0 Å². The number of carboxylic acids is 1. The Morgan fingerprint density at radius 2 is 1.82 bits per heavy atom. The lowest BCUT2D eigenvalue weighted by Crippen LogP contribution is -2.00. The molecule has 0 amide bonds. The van der Waals surface area contributed by atoms with Gasteiger partial charge in [0.05, 0.1) is 21.2 Å². The fourth-order valence-corrected chi connectivity index (χ4v) is 4.87. The van der Waals surface area contributed by atoms with E-state index in [2.05, 4.69) is 10.1 Å². The van der Waals surface area contributed by atoms with Crippen molar-refractivity contribution >= 4 is 39.9 Å². The fourth-order valence-electron chi connectivity index (χ4n) is 4.29. The Kier molecular flexibility index (Phi) is 6.39. The first kappa shape index (κ1) is 24.3. The van der Waals surface area contributed by atoms with E-state index in [4.69, 9.17) is 42.3 Å². The molecule has 0 bridgehead atoms. The first-order chi connectivity index (χ1) is 18.5. The highest BCUT2D eigenvalue weighted by molar-refractivity contribution is 6.39. The van der Waals surface area contributed by atoms with E-state index in [0.717, 1.165) is 34.9 Å². The number of aromatic carboxylic acids is 1. The number of rotatable bonds is 8. The third kappa shape index (κ3) is 4.78. The van der Waals surface area contributed by atoms with Crippen molar-refractivity contribution in [3.05, 3.63) is 99.9 Å². The second kappa shape index (κ2) is 10.0. The smallest absolute Gasteiger partial charge is 0.337 e. The number of halogens is 2. The predicted molar refractivity (Wildman–Crippen MR) is 143 cm³/mol. The van der Waals surface area contributed by atoms with Gasteiger partial charge in [0.15, 0.2) is 0 Å². The van der Waals surface area contributed by atoms with Gasteiger partial charge < -0.3 is 19.1 Å². The minimum absolute atomic E-state index is 0.0923. The van der Waals surface area contributed by atoms with E-state index in [9.17, 15) is 4.79 Å². The normalized spacial score (nSPS) is 13.0. The average Bonchev–Trinajstić information content (AvgIpc) is 3.68. The molecular formula is C29H20Cl2N2O5. The number of carboxylic acid groups (broad SMARTS) is 1. The number of carbonyl (C=O) groups is 1. The summed E-state index contributed by atoms with van der Waals surface area (Å²) in [5.41, 5.74) is 2.17. The lowest BCUT2D eigenvalue weighted by molar-refractivity contribution is 0.0696. The summed E-state index contributed by atoms with van der Waals surface area (Å²) in [5, 5.41) is 16.1. The molecule has 7 nitrogen and oxygen atoms in total. The average molecular weight is 547 g/mol. The lowest BCUT2D eigenvalue weighted by Gasteiger charge is -2.12. The molecule has 0 aliphatic heterocycles. The van der Waals surface area contributed by atoms with Gasteiger partial charge in [-0.25, -0.2) is 9.78 Å². The molecule has 2 aromatic heterocycles. The van der Waals surface area contributed by atoms with Crippen molar-refractivity contribution in [1.29, 1.82) is 0 Å². The zero-order chi connectivity index (χ0) is 26.2. The van der Waals surface area contributed by atoms with Gasteiger partial charge >= 0.3 is 5.97 Å². The molecule has 190 valence electrons. The molecule has 1 saturated carbocycles. The van der Waals surface area contributed by atoms with E-state index in [1.807, 2.05) is 36.4 Å². The molecule has 0 saturated heterocycles. The molecule has 1 fully saturated rings. The van der Waals surface area contributed by atoms with E-state index >= 15 is 0 Å². The van der Waals surface area contributed by atoms with E-state index in [1.54, 1.807) is 18.2 Å². The van der Waals surface area contributed by atoms with Crippen molar-refractivity contribution in [3.63, 3.8) is 0 Å². The van der Waals surface area contributed by atoms with Crippen LogP contribution in [-0.2, 0) is 6.61 Å². The Hall–Kier alpha value is -4.07. The Morgan fingerprint density at radius 3 is 2.53 bits per heavy atom. The summed E-state index contributed by atoms with van der Waals surface area (Å²) >= 11 is 12.9. The summed E-state index contributed by atoms with van der Waals surface area (Å²) in [4.78, 5) is 15.2. The largest absolute Gasteiger partial charge is 0.489 e. The standard InChI is InChI=1S/C29H20Cl2N2O5/c30-22-4-2-5-23(31)26(22)27-21(28(38-33-27)16-7-8-16)15-36-19-10-11-20-17(13-19)3-1-6-24(20)37-25-12-9-18(14-32-25)29(34)35/h1-6,9-14,16H,7-8,15H2,(H,34,35). The summed E-state index contributed by atoms with van der Waals surface area (Å²) in [6.07, 6.45) is 3.36. The number of hydrogen-bond donors (Lipinski definition) is 1. The van der Waals surface area contributed by atoms with Crippen LogP contribution in [0, 0.1) is 0 Å². The number of aromatic nitrogens is 2. The number of hydrogen-bond acceptors (Lipinski definition) is 6. The fraction of sp³-hybridized carbons (Fsp3) is 0.138. The van der Waals surface area contributed by atoms with Crippen molar-refractivity contribution in [1.82, 2.24) is 10.1 Å². The highest BCUT2D eigenvalue weighted by atomic mass is 35.5. The number of nitrogens with zero attached hydrogens (tertiary/aromatic N) is 2. The molecule has 38 heavy (non-hydrogen) atoms. The van der Waals surface area contributed by atoms with Gasteiger partial charge in [-0.2, -0.15) is 0 Å². The van der Waals surface area contributed by atoms with E-state index in [0.29, 0.717) is 44.6 Å². The predicted octanol–water partition coefficient (Wildman–Crippen LogP) is 8.14. The number of ether oxygens (including phenoxy) is 2. The van der Waals surface area contributed by atoms with Crippen LogP contribution in [0.2, 0.25) is 10.0 Å². The maximum Gasteiger partial charge on any atom is 0.337 e. The van der Waals surface area contributed by atoms with Gasteiger partial charge in [0.2, 0.25) is 5.88 Å². The van der Waals surface area contributed by atoms with Crippen molar-refractivity contribution in [3.8, 4) is 28.6 Å². The number of pyridine rings is 1. The van der Waals surface area contributed by atoms with Crippen LogP contribution in [0.1, 0.15) is 40.4 Å². The molecule has 0 radical (unpaired) electrons. The second-order valence-corrected chi connectivity index (χ2v) is 9.78. The summed E-state index contributed by atoms with van der Waals surface area (Å²) in [5.74, 6) is 1.65. The summed E-state index contributed by atoms with van der Waals surface area (Å²) in [6.45, 7) is 0.244. The Morgan fingerprint density at radius 1 is 1.03 bits per heavy atom. The van der Waals surface area contributed by atoms with Crippen molar-refractivity contribution < 1.29 is 23.9 Å². The van der Waals surface area contributed by atoms with Crippen LogP contribution in [0.15, 0.2) is 77.4 Å². The molecular weight excluding hydrogens is 527 g/mol. The monoisotopic (exact) mass is 546 g/mol. The van der Waals surface area contributed by atoms with Crippen LogP contribution in [-0.4, -0.2) is 21.2 Å². The van der Waals surface area contributed by atoms with Gasteiger partial charge in [0, 0.05) is 29.1 Å². The van der Waals surface area contributed by atoms with Crippen LogP contribution >= 0.6 is 23.2 Å². The minimum Gasteiger partial charge on any atom is -0.489 e. The summed E-state index contributed by atoms with van der Waals surface area (Å²) in [6, 6.07) is 19.7. The van der Waals surface area contributed by atoms with Gasteiger partial charge in [0.1, 0.15) is 29.6 Å². The Balaban J connectivity index is 1.26. The van der Waals surface area contributed by atoms with Crippen molar-refractivity contribution in [2.24, 2.45) is 0 Å². The van der Waals surface area contributed by atoms with Gasteiger partial charge in [-0.15, -0.1) is 0 Å². The van der Waals surface area contributed by atoms with E-state index < -0.39 is 5.97 Å². The first-order valence-corrected chi connectivity index (χ1v) is 12.7. The molecule has 5 aromatic rings.